The number of anilines is 1. The molecule has 162 valence electrons. The number of amides is 1. The van der Waals surface area contributed by atoms with E-state index in [9.17, 15) is 18.0 Å². The second-order valence-corrected chi connectivity index (χ2v) is 8.79. The van der Waals surface area contributed by atoms with Gasteiger partial charge in [-0.3, -0.25) is 9.59 Å². The molecule has 1 saturated heterocycles. The lowest BCUT2D eigenvalue weighted by Crippen LogP contribution is -2.39. The summed E-state index contributed by atoms with van der Waals surface area (Å²) in [6.45, 7) is 0.476. The van der Waals surface area contributed by atoms with Crippen LogP contribution in [0.3, 0.4) is 0 Å². The molecule has 0 atom stereocenters. The highest BCUT2D eigenvalue weighted by Crippen LogP contribution is 2.29. The van der Waals surface area contributed by atoms with Crippen molar-refractivity contribution in [3.8, 4) is 11.5 Å². The van der Waals surface area contributed by atoms with Crippen LogP contribution in [0.4, 0.5) is 5.69 Å². The summed E-state index contributed by atoms with van der Waals surface area (Å²) in [7, 11) is -0.898. The number of benzene rings is 1. The van der Waals surface area contributed by atoms with Gasteiger partial charge in [-0.15, -0.1) is 0 Å². The SMILES string of the molecule is COc1ccc(NC(=O)Cn2cccc(S(=O)(=O)N3CCCCC3)c2=O)cc1OC. The minimum atomic E-state index is -3.89. The molecule has 2 aromatic rings. The van der Waals surface area contributed by atoms with Crippen molar-refractivity contribution in [2.24, 2.45) is 0 Å². The summed E-state index contributed by atoms with van der Waals surface area (Å²) >= 11 is 0. The Morgan fingerprint density at radius 2 is 1.77 bits per heavy atom. The van der Waals surface area contributed by atoms with E-state index in [1.165, 1.54) is 36.9 Å². The summed E-state index contributed by atoms with van der Waals surface area (Å²) in [4.78, 5) is 24.9. The Morgan fingerprint density at radius 1 is 1.07 bits per heavy atom. The van der Waals surface area contributed by atoms with Crippen LogP contribution in [0.5, 0.6) is 11.5 Å². The van der Waals surface area contributed by atoms with Gasteiger partial charge in [0.25, 0.3) is 5.56 Å². The molecule has 0 spiro atoms. The molecule has 0 radical (unpaired) electrons. The normalized spacial score (nSPS) is 14.9. The van der Waals surface area contributed by atoms with Crippen molar-refractivity contribution in [1.82, 2.24) is 8.87 Å². The molecule has 2 heterocycles. The molecular formula is C20H25N3O6S. The molecule has 3 rings (SSSR count). The summed E-state index contributed by atoms with van der Waals surface area (Å²) < 4.78 is 38.5. The minimum Gasteiger partial charge on any atom is -0.493 e. The Balaban J connectivity index is 1.78. The number of pyridine rings is 1. The first-order chi connectivity index (χ1) is 14.4. The van der Waals surface area contributed by atoms with Gasteiger partial charge in [0, 0.05) is 31.0 Å². The smallest absolute Gasteiger partial charge is 0.271 e. The molecule has 1 amide bonds. The standard InChI is InChI=1S/C20H25N3O6S/c1-28-16-9-8-15(13-17(16)29-2)21-19(24)14-22-10-6-7-18(20(22)25)30(26,27)23-11-4-3-5-12-23/h6-10,13H,3-5,11-12,14H2,1-2H3,(H,21,24). The maximum atomic E-state index is 12.9. The van der Waals surface area contributed by atoms with E-state index in [-0.39, 0.29) is 11.4 Å². The zero-order valence-corrected chi connectivity index (χ0v) is 17.8. The molecular weight excluding hydrogens is 410 g/mol. The molecule has 0 unspecified atom stereocenters. The average molecular weight is 436 g/mol. The molecule has 1 aromatic carbocycles. The van der Waals surface area contributed by atoms with Crippen molar-refractivity contribution in [2.45, 2.75) is 30.7 Å². The molecule has 1 aliphatic heterocycles. The van der Waals surface area contributed by atoms with Crippen molar-refractivity contribution in [1.29, 1.82) is 0 Å². The number of piperidine rings is 1. The number of nitrogens with one attached hydrogen (secondary N) is 1. The van der Waals surface area contributed by atoms with Crippen molar-refractivity contribution < 1.29 is 22.7 Å². The summed E-state index contributed by atoms with van der Waals surface area (Å²) in [6.07, 6.45) is 3.91. The predicted octanol–water partition coefficient (Wildman–Crippen LogP) is 1.68. The van der Waals surface area contributed by atoms with Crippen LogP contribution in [0.2, 0.25) is 0 Å². The molecule has 0 bridgehead atoms. The van der Waals surface area contributed by atoms with E-state index in [0.717, 1.165) is 23.8 Å². The van der Waals surface area contributed by atoms with Crippen LogP contribution in [0.25, 0.3) is 0 Å². The number of methoxy groups -OCH3 is 2. The largest absolute Gasteiger partial charge is 0.493 e. The Bertz CT molecular complexity index is 1070. The summed E-state index contributed by atoms with van der Waals surface area (Å²) in [5.74, 6) is 0.487. The van der Waals surface area contributed by atoms with E-state index in [1.807, 2.05) is 0 Å². The number of aromatic nitrogens is 1. The maximum absolute atomic E-state index is 12.9. The number of nitrogens with zero attached hydrogens (tertiary/aromatic N) is 2. The fourth-order valence-corrected chi connectivity index (χ4v) is 4.95. The highest BCUT2D eigenvalue weighted by molar-refractivity contribution is 7.89. The van der Waals surface area contributed by atoms with Gasteiger partial charge in [0.1, 0.15) is 11.4 Å². The molecule has 10 heteroatoms. The first kappa shape index (κ1) is 21.8. The molecule has 0 saturated carbocycles. The van der Waals surface area contributed by atoms with Gasteiger partial charge < -0.3 is 19.4 Å². The Morgan fingerprint density at radius 3 is 2.43 bits per heavy atom. The summed E-state index contributed by atoms with van der Waals surface area (Å²) in [6, 6.07) is 7.62. The quantitative estimate of drug-likeness (QED) is 0.709. The van der Waals surface area contributed by atoms with E-state index >= 15 is 0 Å². The highest BCUT2D eigenvalue weighted by Gasteiger charge is 2.29. The Labute approximate surface area is 175 Å². The average Bonchev–Trinajstić information content (AvgIpc) is 2.75. The Hall–Kier alpha value is -2.85. The minimum absolute atomic E-state index is 0.314. The summed E-state index contributed by atoms with van der Waals surface area (Å²) in [5.41, 5.74) is -0.256. The predicted molar refractivity (Wildman–Crippen MR) is 111 cm³/mol. The lowest BCUT2D eigenvalue weighted by molar-refractivity contribution is -0.116. The van der Waals surface area contributed by atoms with E-state index < -0.39 is 21.5 Å². The number of hydrogen-bond donors (Lipinski definition) is 1. The van der Waals surface area contributed by atoms with Gasteiger partial charge in [-0.1, -0.05) is 6.42 Å². The fourth-order valence-electron chi connectivity index (χ4n) is 3.35. The topological polar surface area (TPSA) is 107 Å². The molecule has 1 aromatic heterocycles. The van der Waals surface area contributed by atoms with Crippen LogP contribution in [0.1, 0.15) is 19.3 Å². The number of carbonyl (C=O) groups is 1. The van der Waals surface area contributed by atoms with Crippen LogP contribution >= 0.6 is 0 Å². The molecule has 9 nitrogen and oxygen atoms in total. The van der Waals surface area contributed by atoms with E-state index in [4.69, 9.17) is 9.47 Å². The van der Waals surface area contributed by atoms with Crippen molar-refractivity contribution >= 4 is 21.6 Å². The van der Waals surface area contributed by atoms with E-state index in [0.29, 0.717) is 30.3 Å². The third-order valence-electron chi connectivity index (χ3n) is 4.90. The second-order valence-electron chi connectivity index (χ2n) is 6.89. The van der Waals surface area contributed by atoms with Crippen molar-refractivity contribution in [3.63, 3.8) is 0 Å². The van der Waals surface area contributed by atoms with Gasteiger partial charge in [0.2, 0.25) is 15.9 Å². The number of rotatable bonds is 7. The first-order valence-corrected chi connectivity index (χ1v) is 11.0. The third kappa shape index (κ3) is 4.65. The highest BCUT2D eigenvalue weighted by atomic mass is 32.2. The van der Waals surface area contributed by atoms with Crippen LogP contribution < -0.4 is 20.3 Å². The maximum Gasteiger partial charge on any atom is 0.271 e. The first-order valence-electron chi connectivity index (χ1n) is 9.58. The Kier molecular flexibility index (Phi) is 6.78. The molecule has 0 aliphatic carbocycles. The van der Waals surface area contributed by atoms with Gasteiger partial charge in [-0.05, 0) is 37.1 Å². The number of hydrogen-bond acceptors (Lipinski definition) is 6. The van der Waals surface area contributed by atoms with Gasteiger partial charge in [-0.25, -0.2) is 8.42 Å². The van der Waals surface area contributed by atoms with Crippen molar-refractivity contribution in [2.75, 3.05) is 32.6 Å². The lowest BCUT2D eigenvalue weighted by atomic mass is 10.2. The molecule has 1 fully saturated rings. The van der Waals surface area contributed by atoms with E-state index in [2.05, 4.69) is 5.32 Å². The number of ether oxygens (including phenoxy) is 2. The zero-order chi connectivity index (χ0) is 21.7. The zero-order valence-electron chi connectivity index (χ0n) is 17.0. The monoisotopic (exact) mass is 435 g/mol. The van der Waals surface area contributed by atoms with Crippen LogP contribution in [0, 0.1) is 0 Å². The number of carbonyl (C=O) groups excluding carboxylic acids is 1. The molecule has 1 N–H and O–H groups in total. The van der Waals surface area contributed by atoms with Crippen LogP contribution in [0.15, 0.2) is 46.2 Å². The molecule has 30 heavy (non-hydrogen) atoms. The van der Waals surface area contributed by atoms with Crippen molar-refractivity contribution in [3.05, 3.63) is 46.9 Å². The van der Waals surface area contributed by atoms with Gasteiger partial charge in [-0.2, -0.15) is 4.31 Å². The van der Waals surface area contributed by atoms with Gasteiger partial charge >= 0.3 is 0 Å². The van der Waals surface area contributed by atoms with Crippen LogP contribution in [-0.4, -0.2) is 50.5 Å². The molecule has 1 aliphatic rings. The van der Waals surface area contributed by atoms with Gasteiger partial charge in [0.05, 0.1) is 14.2 Å². The fraction of sp³-hybridized carbons (Fsp3) is 0.400. The van der Waals surface area contributed by atoms with E-state index in [1.54, 1.807) is 18.2 Å². The lowest BCUT2D eigenvalue weighted by Gasteiger charge is -2.25. The second kappa shape index (κ2) is 9.31. The third-order valence-corrected chi connectivity index (χ3v) is 6.81. The summed E-state index contributed by atoms with van der Waals surface area (Å²) in [5, 5.41) is 2.67. The number of sulfonamides is 1. The van der Waals surface area contributed by atoms with Gasteiger partial charge in [0.15, 0.2) is 11.5 Å². The van der Waals surface area contributed by atoms with Crippen LogP contribution in [-0.2, 0) is 21.4 Å².